The lowest BCUT2D eigenvalue weighted by molar-refractivity contribution is -0.905. The Morgan fingerprint density at radius 3 is 2.55 bits per heavy atom. The highest BCUT2D eigenvalue weighted by molar-refractivity contribution is 7.99. The van der Waals surface area contributed by atoms with Crippen LogP contribution in [0.25, 0.3) is 0 Å². The van der Waals surface area contributed by atoms with Crippen LogP contribution in [-0.2, 0) is 0 Å². The molecule has 2 N–H and O–H groups in total. The minimum Gasteiger partial charge on any atom is -0.349 e. The van der Waals surface area contributed by atoms with E-state index in [9.17, 15) is 19.3 Å². The Bertz CT molecular complexity index is 868. The van der Waals surface area contributed by atoms with Gasteiger partial charge in [0.05, 0.1) is 29.5 Å². The summed E-state index contributed by atoms with van der Waals surface area (Å²) in [5.41, 5.74) is 0.151. The summed E-state index contributed by atoms with van der Waals surface area (Å²) in [5, 5.41) is 14.5. The largest absolute Gasteiger partial charge is 0.349 e. The summed E-state index contributed by atoms with van der Waals surface area (Å²) in [6.45, 7) is 5.39. The third-order valence-electron chi connectivity index (χ3n) is 5.09. The van der Waals surface area contributed by atoms with Crippen molar-refractivity contribution in [2.75, 3.05) is 19.6 Å². The number of likely N-dealkylation sites (tertiary alicyclic amines) is 1. The fourth-order valence-corrected chi connectivity index (χ4v) is 4.46. The maximum atomic E-state index is 13.1. The van der Waals surface area contributed by atoms with Crippen molar-refractivity contribution in [2.45, 2.75) is 42.0 Å². The molecule has 0 aromatic heterocycles. The third-order valence-corrected chi connectivity index (χ3v) is 6.16. The number of halogens is 1. The standard InChI is InChI=1S/C21H24FN3O3S/c1-2-11-24-12-9-17(10-13-24)23-21(26)15-3-8-20(19(14-15)25(27)28)29-18-6-4-16(22)5-7-18/h3-8,14,17H,2,9-13H2,1H3,(H,23,26)/p+1. The maximum Gasteiger partial charge on any atom is 0.284 e. The Morgan fingerprint density at radius 2 is 1.93 bits per heavy atom. The van der Waals surface area contributed by atoms with E-state index < -0.39 is 4.92 Å². The van der Waals surface area contributed by atoms with Gasteiger partial charge in [0.25, 0.3) is 11.6 Å². The summed E-state index contributed by atoms with van der Waals surface area (Å²) in [4.78, 5) is 26.3. The normalized spacial score (nSPS) is 19.0. The summed E-state index contributed by atoms with van der Waals surface area (Å²) in [6.07, 6.45) is 2.99. The van der Waals surface area contributed by atoms with Crippen LogP contribution in [0.3, 0.4) is 0 Å². The second-order valence-electron chi connectivity index (χ2n) is 7.24. The van der Waals surface area contributed by atoms with Gasteiger partial charge in [-0.2, -0.15) is 0 Å². The van der Waals surface area contributed by atoms with Gasteiger partial charge < -0.3 is 10.2 Å². The highest BCUT2D eigenvalue weighted by Crippen LogP contribution is 2.35. The van der Waals surface area contributed by atoms with Crippen molar-refractivity contribution in [2.24, 2.45) is 0 Å². The SMILES string of the molecule is CCC[NH+]1CCC(NC(=O)c2ccc(Sc3ccc(F)cc3)c([N+](=O)[O-])c2)CC1. The predicted molar refractivity (Wildman–Crippen MR) is 110 cm³/mol. The molecular weight excluding hydrogens is 393 g/mol. The molecule has 0 spiro atoms. The smallest absolute Gasteiger partial charge is 0.284 e. The fourth-order valence-electron chi connectivity index (χ4n) is 3.56. The highest BCUT2D eigenvalue weighted by Gasteiger charge is 2.24. The van der Waals surface area contributed by atoms with Crippen molar-refractivity contribution < 1.29 is 19.0 Å². The number of piperidine rings is 1. The van der Waals surface area contributed by atoms with Crippen LogP contribution in [0.1, 0.15) is 36.5 Å². The Balaban J connectivity index is 1.68. The molecule has 0 bridgehead atoms. The number of hydrogen-bond donors (Lipinski definition) is 2. The number of quaternary nitrogens is 1. The van der Waals surface area contributed by atoms with E-state index in [1.54, 1.807) is 29.2 Å². The van der Waals surface area contributed by atoms with Crippen LogP contribution in [0.4, 0.5) is 10.1 Å². The number of carbonyl (C=O) groups excluding carboxylic acids is 1. The number of rotatable bonds is 7. The van der Waals surface area contributed by atoms with Crippen LogP contribution < -0.4 is 10.2 Å². The van der Waals surface area contributed by atoms with E-state index in [1.807, 2.05) is 0 Å². The molecule has 2 aromatic carbocycles. The summed E-state index contributed by atoms with van der Waals surface area (Å²) in [5.74, 6) is -0.645. The van der Waals surface area contributed by atoms with Gasteiger partial charge in [-0.1, -0.05) is 18.7 Å². The summed E-state index contributed by atoms with van der Waals surface area (Å²) in [6, 6.07) is 10.4. The van der Waals surface area contributed by atoms with Gasteiger partial charge in [0.15, 0.2) is 0 Å². The van der Waals surface area contributed by atoms with E-state index in [2.05, 4.69) is 12.2 Å². The monoisotopic (exact) mass is 418 g/mol. The zero-order valence-corrected chi connectivity index (χ0v) is 17.1. The average molecular weight is 419 g/mol. The van der Waals surface area contributed by atoms with Gasteiger partial charge in [-0.15, -0.1) is 0 Å². The zero-order chi connectivity index (χ0) is 20.8. The molecule has 3 rings (SSSR count). The van der Waals surface area contributed by atoms with E-state index in [4.69, 9.17) is 0 Å². The number of nitro groups is 1. The maximum absolute atomic E-state index is 13.1. The van der Waals surface area contributed by atoms with Crippen molar-refractivity contribution in [3.05, 3.63) is 64.0 Å². The molecule has 1 fully saturated rings. The molecule has 0 saturated carbocycles. The molecule has 2 aromatic rings. The second-order valence-corrected chi connectivity index (χ2v) is 8.36. The Hall–Kier alpha value is -2.45. The van der Waals surface area contributed by atoms with E-state index >= 15 is 0 Å². The number of amides is 1. The van der Waals surface area contributed by atoms with Crippen LogP contribution in [0.2, 0.25) is 0 Å². The first-order valence-electron chi connectivity index (χ1n) is 9.82. The number of hydrogen-bond acceptors (Lipinski definition) is 4. The van der Waals surface area contributed by atoms with Gasteiger partial charge in [0, 0.05) is 35.4 Å². The van der Waals surface area contributed by atoms with Crippen molar-refractivity contribution in [1.29, 1.82) is 0 Å². The third kappa shape index (κ3) is 5.77. The van der Waals surface area contributed by atoms with Crippen molar-refractivity contribution in [1.82, 2.24) is 5.32 Å². The van der Waals surface area contributed by atoms with Crippen LogP contribution in [0.15, 0.2) is 52.3 Å². The van der Waals surface area contributed by atoms with Crippen LogP contribution in [0.5, 0.6) is 0 Å². The second kappa shape index (κ2) is 9.84. The minimum atomic E-state index is -0.491. The first-order valence-corrected chi connectivity index (χ1v) is 10.6. The quantitative estimate of drug-likeness (QED) is 0.535. The number of benzene rings is 2. The van der Waals surface area contributed by atoms with Gasteiger partial charge >= 0.3 is 0 Å². The molecule has 154 valence electrons. The summed E-state index contributed by atoms with van der Waals surface area (Å²) in [7, 11) is 0. The van der Waals surface area contributed by atoms with Crippen molar-refractivity contribution >= 4 is 23.4 Å². The molecule has 1 aliphatic heterocycles. The minimum absolute atomic E-state index is 0.107. The molecule has 6 nitrogen and oxygen atoms in total. The lowest BCUT2D eigenvalue weighted by atomic mass is 10.0. The zero-order valence-electron chi connectivity index (χ0n) is 16.3. The molecule has 0 atom stereocenters. The molecule has 0 radical (unpaired) electrons. The van der Waals surface area contributed by atoms with Crippen LogP contribution in [0, 0.1) is 15.9 Å². The van der Waals surface area contributed by atoms with Gasteiger partial charge in [-0.05, 0) is 42.8 Å². The molecule has 0 unspecified atom stereocenters. The number of carbonyl (C=O) groups is 1. The summed E-state index contributed by atoms with van der Waals surface area (Å²) >= 11 is 1.17. The number of nitro benzene ring substituents is 1. The highest BCUT2D eigenvalue weighted by atomic mass is 32.2. The van der Waals surface area contributed by atoms with Crippen molar-refractivity contribution in [3.63, 3.8) is 0 Å². The Morgan fingerprint density at radius 1 is 1.24 bits per heavy atom. The van der Waals surface area contributed by atoms with E-state index in [0.29, 0.717) is 9.79 Å². The van der Waals surface area contributed by atoms with Crippen LogP contribution in [-0.4, -0.2) is 36.5 Å². The Kier molecular flexibility index (Phi) is 7.22. The van der Waals surface area contributed by atoms with Crippen LogP contribution >= 0.6 is 11.8 Å². The molecule has 1 saturated heterocycles. The molecule has 29 heavy (non-hydrogen) atoms. The summed E-state index contributed by atoms with van der Waals surface area (Å²) < 4.78 is 13.1. The number of nitrogens with zero attached hydrogens (tertiary/aromatic N) is 1. The molecule has 0 aliphatic carbocycles. The topological polar surface area (TPSA) is 76.7 Å². The molecule has 1 heterocycles. The Labute approximate surface area is 173 Å². The van der Waals surface area contributed by atoms with Gasteiger partial charge in [0.1, 0.15) is 5.82 Å². The molecule has 1 amide bonds. The van der Waals surface area contributed by atoms with E-state index in [1.165, 1.54) is 30.0 Å². The van der Waals surface area contributed by atoms with Gasteiger partial charge in [0.2, 0.25) is 0 Å². The van der Waals surface area contributed by atoms with E-state index in [-0.39, 0.29) is 29.0 Å². The average Bonchev–Trinajstić information content (AvgIpc) is 2.71. The predicted octanol–water partition coefficient (Wildman–Crippen LogP) is 3.07. The molecule has 1 aliphatic rings. The van der Waals surface area contributed by atoms with E-state index in [0.717, 1.165) is 38.9 Å². The number of nitrogens with one attached hydrogen (secondary N) is 2. The molecule has 8 heteroatoms. The van der Waals surface area contributed by atoms with Gasteiger partial charge in [-0.25, -0.2) is 4.39 Å². The first-order chi connectivity index (χ1) is 14.0. The van der Waals surface area contributed by atoms with Crippen molar-refractivity contribution in [3.8, 4) is 0 Å². The lowest BCUT2D eigenvalue weighted by Crippen LogP contribution is -3.13. The van der Waals surface area contributed by atoms with Gasteiger partial charge in [-0.3, -0.25) is 14.9 Å². The fraction of sp³-hybridized carbons (Fsp3) is 0.381. The first kappa shape index (κ1) is 21.3. The lowest BCUT2D eigenvalue weighted by Gasteiger charge is -2.29. The molecular formula is C21H25FN3O3S+.